The fourth-order valence-electron chi connectivity index (χ4n) is 3.03. The van der Waals surface area contributed by atoms with E-state index < -0.39 is 6.09 Å². The molecular weight excluding hydrogens is 403 g/mol. The molecule has 1 saturated heterocycles. The maximum absolute atomic E-state index is 12.2. The number of carbonyl (C=O) groups is 2. The topological polar surface area (TPSA) is 70.1 Å². The summed E-state index contributed by atoms with van der Waals surface area (Å²) < 4.78 is 5.93. The van der Waals surface area contributed by atoms with Crippen LogP contribution in [-0.4, -0.2) is 35.6 Å². The summed E-state index contributed by atoms with van der Waals surface area (Å²) in [5.74, 6) is 1.04. The van der Waals surface area contributed by atoms with Gasteiger partial charge in [-0.15, -0.1) is 0 Å². The van der Waals surface area contributed by atoms with E-state index in [1.807, 2.05) is 0 Å². The first kappa shape index (κ1) is 20.3. The van der Waals surface area contributed by atoms with Gasteiger partial charge in [-0.1, -0.05) is 23.2 Å². The third kappa shape index (κ3) is 4.69. The Kier molecular flexibility index (Phi) is 6.31. The van der Waals surface area contributed by atoms with Crippen LogP contribution >= 0.6 is 23.2 Å². The summed E-state index contributed by atoms with van der Waals surface area (Å²) in [6.45, 7) is 0.766. The van der Waals surface area contributed by atoms with Crippen LogP contribution in [0.3, 0.4) is 0 Å². The van der Waals surface area contributed by atoms with Crippen molar-refractivity contribution in [1.82, 2.24) is 4.90 Å². The smallest absolute Gasteiger partial charge is 0.407 e. The average Bonchev–Trinajstić information content (AvgIpc) is 2.66. The van der Waals surface area contributed by atoms with E-state index in [4.69, 9.17) is 27.9 Å². The van der Waals surface area contributed by atoms with Crippen LogP contribution < -0.4 is 9.64 Å². The summed E-state index contributed by atoms with van der Waals surface area (Å²) in [7, 11) is 1.48. The van der Waals surface area contributed by atoms with Gasteiger partial charge in [-0.3, -0.25) is 4.79 Å². The first-order valence-corrected chi connectivity index (χ1v) is 9.61. The number of nitrogens with zero attached hydrogens (tertiary/aromatic N) is 2. The van der Waals surface area contributed by atoms with E-state index in [2.05, 4.69) is 0 Å². The number of anilines is 1. The molecule has 2 amide bonds. The lowest BCUT2D eigenvalue weighted by molar-refractivity contribution is -0.119. The van der Waals surface area contributed by atoms with Gasteiger partial charge in [0.2, 0.25) is 5.91 Å². The molecule has 0 saturated carbocycles. The van der Waals surface area contributed by atoms with Crippen LogP contribution in [-0.2, 0) is 11.3 Å². The minimum atomic E-state index is -1.06. The molecule has 6 nitrogen and oxygen atoms in total. The zero-order chi connectivity index (χ0) is 20.3. The Hall–Kier alpha value is -2.44. The summed E-state index contributed by atoms with van der Waals surface area (Å²) in [5, 5.41) is 10.0. The lowest BCUT2D eigenvalue weighted by Gasteiger charge is -2.28. The van der Waals surface area contributed by atoms with Crippen molar-refractivity contribution in [2.45, 2.75) is 25.8 Å². The molecule has 0 spiro atoms. The molecule has 28 heavy (non-hydrogen) atoms. The molecule has 1 fully saturated rings. The van der Waals surface area contributed by atoms with Gasteiger partial charge in [-0.25, -0.2) is 4.79 Å². The fourth-order valence-corrected chi connectivity index (χ4v) is 3.31. The van der Waals surface area contributed by atoms with E-state index in [9.17, 15) is 14.7 Å². The van der Waals surface area contributed by atoms with Crippen molar-refractivity contribution in [2.24, 2.45) is 0 Å². The van der Waals surface area contributed by atoms with Crippen molar-refractivity contribution < 1.29 is 19.4 Å². The van der Waals surface area contributed by atoms with E-state index in [0.717, 1.165) is 23.4 Å². The van der Waals surface area contributed by atoms with Crippen molar-refractivity contribution in [2.75, 3.05) is 18.5 Å². The Labute approximate surface area is 173 Å². The molecule has 2 aromatic rings. The van der Waals surface area contributed by atoms with E-state index >= 15 is 0 Å². The van der Waals surface area contributed by atoms with Gasteiger partial charge in [0.25, 0.3) is 0 Å². The fraction of sp³-hybridized carbons (Fsp3) is 0.300. The molecule has 1 aliphatic rings. The number of carbonyl (C=O) groups excluding carboxylic acids is 1. The van der Waals surface area contributed by atoms with Crippen molar-refractivity contribution in [3.63, 3.8) is 0 Å². The van der Waals surface area contributed by atoms with Gasteiger partial charge in [-0.05, 0) is 43.2 Å². The van der Waals surface area contributed by atoms with Crippen molar-refractivity contribution in [3.05, 3.63) is 52.0 Å². The van der Waals surface area contributed by atoms with Gasteiger partial charge >= 0.3 is 6.09 Å². The highest BCUT2D eigenvalue weighted by Gasteiger charge is 2.21. The summed E-state index contributed by atoms with van der Waals surface area (Å²) >= 11 is 12.0. The van der Waals surface area contributed by atoms with Crippen LogP contribution in [0.2, 0.25) is 10.0 Å². The SMILES string of the molecule is CN(Cc1cc(N2CCCCC2=O)ccc1Oc1ccc(Cl)c(Cl)c1)C(=O)O. The van der Waals surface area contributed by atoms with Crippen LogP contribution in [0.25, 0.3) is 0 Å². The number of hydrogen-bond donors (Lipinski definition) is 1. The quantitative estimate of drug-likeness (QED) is 0.698. The van der Waals surface area contributed by atoms with Gasteiger partial charge in [0.15, 0.2) is 0 Å². The van der Waals surface area contributed by atoms with Crippen molar-refractivity contribution >= 4 is 40.9 Å². The van der Waals surface area contributed by atoms with Crippen LogP contribution in [0.5, 0.6) is 11.5 Å². The Bertz CT molecular complexity index is 904. The van der Waals surface area contributed by atoms with E-state index in [0.29, 0.717) is 40.1 Å². The number of hydrogen-bond acceptors (Lipinski definition) is 3. The first-order chi connectivity index (χ1) is 13.3. The number of amides is 2. The normalized spacial score (nSPS) is 14.1. The van der Waals surface area contributed by atoms with Gasteiger partial charge in [0, 0.05) is 37.3 Å². The number of benzene rings is 2. The summed E-state index contributed by atoms with van der Waals surface area (Å²) in [4.78, 5) is 26.4. The largest absolute Gasteiger partial charge is 0.465 e. The molecule has 0 radical (unpaired) electrons. The third-order valence-corrected chi connectivity index (χ3v) is 5.27. The highest BCUT2D eigenvalue weighted by molar-refractivity contribution is 6.42. The van der Waals surface area contributed by atoms with Gasteiger partial charge < -0.3 is 19.6 Å². The maximum Gasteiger partial charge on any atom is 0.407 e. The molecule has 1 aliphatic heterocycles. The van der Waals surface area contributed by atoms with Crippen LogP contribution in [0.1, 0.15) is 24.8 Å². The Morgan fingerprint density at radius 3 is 2.64 bits per heavy atom. The lowest BCUT2D eigenvalue weighted by atomic mass is 10.1. The number of halogens is 2. The van der Waals surface area contributed by atoms with E-state index in [1.165, 1.54) is 7.05 Å². The third-order valence-electron chi connectivity index (χ3n) is 4.53. The van der Waals surface area contributed by atoms with Gasteiger partial charge in [-0.2, -0.15) is 0 Å². The molecule has 148 valence electrons. The molecule has 0 unspecified atom stereocenters. The second-order valence-electron chi connectivity index (χ2n) is 6.61. The molecule has 1 N–H and O–H groups in total. The Morgan fingerprint density at radius 2 is 1.96 bits per heavy atom. The zero-order valence-electron chi connectivity index (χ0n) is 15.3. The van der Waals surface area contributed by atoms with Gasteiger partial charge in [0.1, 0.15) is 11.5 Å². The average molecular weight is 423 g/mol. The number of rotatable bonds is 5. The molecule has 0 bridgehead atoms. The zero-order valence-corrected chi connectivity index (χ0v) is 16.8. The second kappa shape index (κ2) is 8.71. The monoisotopic (exact) mass is 422 g/mol. The Morgan fingerprint density at radius 1 is 1.18 bits per heavy atom. The predicted molar refractivity (Wildman–Crippen MR) is 109 cm³/mol. The first-order valence-electron chi connectivity index (χ1n) is 8.85. The second-order valence-corrected chi connectivity index (χ2v) is 7.43. The minimum absolute atomic E-state index is 0.0712. The molecule has 2 aromatic carbocycles. The highest BCUT2D eigenvalue weighted by Crippen LogP contribution is 2.34. The summed E-state index contributed by atoms with van der Waals surface area (Å²) in [6, 6.07) is 10.3. The predicted octanol–water partition coefficient (Wildman–Crippen LogP) is 5.41. The van der Waals surface area contributed by atoms with E-state index in [1.54, 1.807) is 41.3 Å². The molecular formula is C20H20Cl2N2O4. The number of piperidine rings is 1. The van der Waals surface area contributed by atoms with Crippen LogP contribution in [0, 0.1) is 0 Å². The molecule has 0 aromatic heterocycles. The maximum atomic E-state index is 12.2. The number of carboxylic acid groups (broad SMARTS) is 1. The van der Waals surface area contributed by atoms with Crippen molar-refractivity contribution in [1.29, 1.82) is 0 Å². The van der Waals surface area contributed by atoms with Gasteiger partial charge in [0.05, 0.1) is 16.6 Å². The van der Waals surface area contributed by atoms with Crippen LogP contribution in [0.15, 0.2) is 36.4 Å². The number of ether oxygens (including phenoxy) is 1. The summed E-state index contributed by atoms with van der Waals surface area (Å²) in [6.07, 6.45) is 1.30. The molecule has 3 rings (SSSR count). The minimum Gasteiger partial charge on any atom is -0.465 e. The highest BCUT2D eigenvalue weighted by atomic mass is 35.5. The van der Waals surface area contributed by atoms with Crippen LogP contribution in [0.4, 0.5) is 10.5 Å². The lowest BCUT2D eigenvalue weighted by Crippen LogP contribution is -2.35. The molecule has 0 aliphatic carbocycles. The standard InChI is InChI=1S/C20H20Cl2N2O4/c1-23(20(26)27)12-13-10-14(24-9-3-2-4-19(24)25)5-8-18(13)28-15-6-7-16(21)17(22)11-15/h5-8,10-11H,2-4,9,12H2,1H3,(H,26,27). The molecule has 1 heterocycles. The Balaban J connectivity index is 1.94. The van der Waals surface area contributed by atoms with E-state index in [-0.39, 0.29) is 12.5 Å². The molecule has 8 heteroatoms. The molecule has 0 atom stereocenters. The summed E-state index contributed by atoms with van der Waals surface area (Å²) in [5.41, 5.74) is 1.38. The van der Waals surface area contributed by atoms with Crippen molar-refractivity contribution in [3.8, 4) is 11.5 Å².